The van der Waals surface area contributed by atoms with Crippen molar-refractivity contribution in [2.45, 2.75) is 0 Å². The molecule has 0 amide bonds. The summed E-state index contributed by atoms with van der Waals surface area (Å²) >= 11 is 6.69. The molecule has 3 nitrogen and oxygen atoms in total. The van der Waals surface area contributed by atoms with Gasteiger partial charge in [-0.3, -0.25) is 0 Å². The van der Waals surface area contributed by atoms with Crippen molar-refractivity contribution in [1.82, 2.24) is 15.0 Å². The van der Waals surface area contributed by atoms with Gasteiger partial charge in [0.2, 0.25) is 0 Å². The lowest BCUT2D eigenvalue weighted by Gasteiger charge is -2.34. The topological polar surface area (TPSA) is 38.7 Å². The molecule has 1 aromatic heterocycles. The van der Waals surface area contributed by atoms with Crippen LogP contribution in [0.1, 0.15) is 0 Å². The van der Waals surface area contributed by atoms with Crippen molar-refractivity contribution < 1.29 is 0 Å². The number of benzene rings is 6. The average Bonchev–Trinajstić information content (AvgIpc) is 3.10. The summed E-state index contributed by atoms with van der Waals surface area (Å²) < 4.78 is 0. The van der Waals surface area contributed by atoms with Gasteiger partial charge in [-0.25, -0.2) is 15.0 Å². The number of aromatic nitrogens is 3. The molecular formula is C39H28ClN3Si. The SMILES string of the molecule is Clc1cccc([Si](c2ccccc2)(c2ccccc2)c2cccc(-c3nc(-c4ccccc4)nc(-c4ccccc4)n3)c2)c1. The Kier molecular flexibility index (Phi) is 7.68. The molecule has 0 aliphatic rings. The molecule has 0 radical (unpaired) electrons. The fourth-order valence-corrected chi connectivity index (χ4v) is 11.0. The van der Waals surface area contributed by atoms with Gasteiger partial charge >= 0.3 is 0 Å². The Morgan fingerprint density at radius 2 is 0.705 bits per heavy atom. The minimum Gasteiger partial charge on any atom is -0.208 e. The quantitative estimate of drug-likeness (QED) is 0.147. The second-order valence-electron chi connectivity index (χ2n) is 10.6. The molecular weight excluding hydrogens is 574 g/mol. The highest BCUT2D eigenvalue weighted by atomic mass is 35.5. The van der Waals surface area contributed by atoms with Crippen molar-refractivity contribution in [1.29, 1.82) is 0 Å². The maximum Gasteiger partial charge on any atom is 0.179 e. The molecule has 6 aromatic carbocycles. The minimum absolute atomic E-state index is 0.634. The zero-order valence-corrected chi connectivity index (χ0v) is 25.6. The van der Waals surface area contributed by atoms with E-state index in [1.165, 1.54) is 20.7 Å². The second kappa shape index (κ2) is 12.2. The highest BCUT2D eigenvalue weighted by Gasteiger charge is 2.41. The van der Waals surface area contributed by atoms with E-state index < -0.39 is 8.07 Å². The summed E-state index contributed by atoms with van der Waals surface area (Å²) in [6.45, 7) is 0. The third-order valence-corrected chi connectivity index (χ3v) is 12.9. The van der Waals surface area contributed by atoms with E-state index >= 15 is 0 Å². The zero-order chi connectivity index (χ0) is 29.8. The fraction of sp³-hybridized carbons (Fsp3) is 0. The summed E-state index contributed by atoms with van der Waals surface area (Å²) in [4.78, 5) is 14.9. The molecule has 210 valence electrons. The van der Waals surface area contributed by atoms with Crippen LogP contribution in [0.15, 0.2) is 170 Å². The molecule has 5 heteroatoms. The normalized spacial score (nSPS) is 11.3. The number of hydrogen-bond acceptors (Lipinski definition) is 3. The Balaban J connectivity index is 1.49. The maximum absolute atomic E-state index is 6.69. The summed E-state index contributed by atoms with van der Waals surface area (Å²) in [6, 6.07) is 58.9. The molecule has 7 aromatic rings. The fourth-order valence-electron chi connectivity index (χ4n) is 5.93. The van der Waals surface area contributed by atoms with Gasteiger partial charge in [-0.05, 0) is 32.9 Å². The third kappa shape index (κ3) is 5.26. The van der Waals surface area contributed by atoms with Crippen LogP contribution in [0.5, 0.6) is 0 Å². The van der Waals surface area contributed by atoms with E-state index in [1.807, 2.05) is 66.7 Å². The maximum atomic E-state index is 6.69. The number of hydrogen-bond donors (Lipinski definition) is 0. The standard InChI is InChI=1S/C39H28ClN3Si/c40-32-20-14-26-36(28-32)44(33-21-9-3-10-22-33,34-23-11-4-12-24-34)35-25-13-19-31(27-35)39-42-37(29-15-5-1-6-16-29)41-38(43-39)30-17-7-2-8-18-30/h1-28H. The molecule has 0 saturated heterocycles. The number of halogens is 1. The lowest BCUT2D eigenvalue weighted by atomic mass is 10.1. The molecule has 0 atom stereocenters. The molecule has 0 fully saturated rings. The van der Waals surface area contributed by atoms with Crippen molar-refractivity contribution in [3.8, 4) is 34.2 Å². The first-order chi connectivity index (χ1) is 21.7. The summed E-state index contributed by atoms with van der Waals surface area (Å²) in [7, 11) is -2.81. The molecule has 0 aliphatic heterocycles. The van der Waals surface area contributed by atoms with Crippen molar-refractivity contribution in [3.05, 3.63) is 175 Å². The van der Waals surface area contributed by atoms with Crippen LogP contribution in [0.2, 0.25) is 5.02 Å². The first-order valence-electron chi connectivity index (χ1n) is 14.6. The van der Waals surface area contributed by atoms with E-state index in [1.54, 1.807) is 0 Å². The molecule has 0 unspecified atom stereocenters. The zero-order valence-electron chi connectivity index (χ0n) is 23.9. The summed E-state index contributed by atoms with van der Waals surface area (Å²) in [5.74, 6) is 1.92. The molecule has 0 N–H and O–H groups in total. The van der Waals surface area contributed by atoms with Gasteiger partial charge in [0.15, 0.2) is 25.5 Å². The molecule has 44 heavy (non-hydrogen) atoms. The van der Waals surface area contributed by atoms with Gasteiger partial charge in [-0.15, -0.1) is 0 Å². The van der Waals surface area contributed by atoms with Gasteiger partial charge in [-0.2, -0.15) is 0 Å². The number of rotatable bonds is 7. The second-order valence-corrected chi connectivity index (χ2v) is 14.9. The van der Waals surface area contributed by atoms with Crippen LogP contribution in [0, 0.1) is 0 Å². The lowest BCUT2D eigenvalue weighted by Crippen LogP contribution is -2.74. The van der Waals surface area contributed by atoms with Crippen LogP contribution in [0.25, 0.3) is 34.2 Å². The van der Waals surface area contributed by atoms with Gasteiger partial charge in [-0.1, -0.05) is 169 Å². The minimum atomic E-state index is -2.81. The lowest BCUT2D eigenvalue weighted by molar-refractivity contribution is 1.07. The predicted molar refractivity (Wildman–Crippen MR) is 185 cm³/mol. The highest BCUT2D eigenvalue weighted by molar-refractivity contribution is 7.20. The molecule has 7 rings (SSSR count). The van der Waals surface area contributed by atoms with E-state index in [-0.39, 0.29) is 0 Å². The first-order valence-corrected chi connectivity index (χ1v) is 16.9. The molecule has 0 saturated carbocycles. The monoisotopic (exact) mass is 601 g/mol. The van der Waals surface area contributed by atoms with E-state index in [2.05, 4.69) is 103 Å². The Labute approximate surface area is 263 Å². The largest absolute Gasteiger partial charge is 0.208 e. The summed E-state index contributed by atoms with van der Waals surface area (Å²) in [5.41, 5.74) is 2.83. The van der Waals surface area contributed by atoms with Crippen LogP contribution < -0.4 is 20.7 Å². The van der Waals surface area contributed by atoms with Gasteiger partial charge in [0.25, 0.3) is 0 Å². The summed E-state index contributed by atoms with van der Waals surface area (Å²) in [6.07, 6.45) is 0. The molecule has 1 heterocycles. The van der Waals surface area contributed by atoms with Gasteiger partial charge in [0, 0.05) is 21.7 Å². The Bertz CT molecular complexity index is 1920. The third-order valence-electron chi connectivity index (χ3n) is 7.92. The average molecular weight is 602 g/mol. The van der Waals surface area contributed by atoms with E-state index in [4.69, 9.17) is 26.6 Å². The molecule has 0 spiro atoms. The van der Waals surface area contributed by atoms with Crippen LogP contribution in [0.4, 0.5) is 0 Å². The van der Waals surface area contributed by atoms with E-state index in [0.717, 1.165) is 21.7 Å². The van der Waals surface area contributed by atoms with Crippen LogP contribution in [-0.4, -0.2) is 23.0 Å². The molecule has 0 bridgehead atoms. The van der Waals surface area contributed by atoms with Gasteiger partial charge in [0.05, 0.1) is 0 Å². The van der Waals surface area contributed by atoms with Crippen LogP contribution in [-0.2, 0) is 0 Å². The van der Waals surface area contributed by atoms with Crippen LogP contribution >= 0.6 is 11.6 Å². The predicted octanol–water partition coefficient (Wildman–Crippen LogP) is 6.90. The number of nitrogens with zero attached hydrogens (tertiary/aromatic N) is 3. The molecule has 0 aliphatic carbocycles. The Morgan fingerprint density at radius 1 is 0.341 bits per heavy atom. The Hall–Kier alpha value is -5.16. The van der Waals surface area contributed by atoms with E-state index in [9.17, 15) is 0 Å². The van der Waals surface area contributed by atoms with Gasteiger partial charge in [0.1, 0.15) is 0 Å². The van der Waals surface area contributed by atoms with Crippen molar-refractivity contribution in [3.63, 3.8) is 0 Å². The smallest absolute Gasteiger partial charge is 0.179 e. The highest BCUT2D eigenvalue weighted by Crippen LogP contribution is 2.25. The summed E-state index contributed by atoms with van der Waals surface area (Å²) in [5, 5.41) is 5.70. The van der Waals surface area contributed by atoms with Crippen LogP contribution in [0.3, 0.4) is 0 Å². The van der Waals surface area contributed by atoms with E-state index in [0.29, 0.717) is 17.5 Å². The first kappa shape index (κ1) is 27.7. The Morgan fingerprint density at radius 3 is 1.18 bits per heavy atom. The van der Waals surface area contributed by atoms with Gasteiger partial charge < -0.3 is 0 Å². The van der Waals surface area contributed by atoms with Crippen molar-refractivity contribution in [2.24, 2.45) is 0 Å². The van der Waals surface area contributed by atoms with Crippen molar-refractivity contribution in [2.75, 3.05) is 0 Å². The van der Waals surface area contributed by atoms with Crippen molar-refractivity contribution >= 4 is 40.4 Å².